The molecule has 0 aliphatic rings. The summed E-state index contributed by atoms with van der Waals surface area (Å²) in [6.07, 6.45) is -10.2. The molecule has 0 fully saturated rings. The summed E-state index contributed by atoms with van der Waals surface area (Å²) in [5.74, 6) is -1.97. The van der Waals surface area contributed by atoms with E-state index < -0.39 is 46.8 Å². The van der Waals surface area contributed by atoms with Crippen molar-refractivity contribution in [2.45, 2.75) is 18.0 Å². The van der Waals surface area contributed by atoms with Gasteiger partial charge in [-0.15, -0.1) is 0 Å². The van der Waals surface area contributed by atoms with E-state index in [1.165, 1.54) is 0 Å². The molecule has 2 aromatic rings. The summed E-state index contributed by atoms with van der Waals surface area (Å²) in [5.41, 5.74) is -6.80. The van der Waals surface area contributed by atoms with Crippen LogP contribution in [-0.4, -0.2) is 30.4 Å². The fourth-order valence-electron chi connectivity index (χ4n) is 2.48. The lowest BCUT2D eigenvalue weighted by Gasteiger charge is -2.28. The van der Waals surface area contributed by atoms with Crippen LogP contribution in [0.25, 0.3) is 0 Å². The van der Waals surface area contributed by atoms with Gasteiger partial charge in [-0.2, -0.15) is 26.3 Å². The molecule has 0 aliphatic carbocycles. The molecular weight excluding hydrogens is 458 g/mol. The number of esters is 1. The van der Waals surface area contributed by atoms with Gasteiger partial charge in [-0.25, -0.2) is 9.59 Å². The Morgan fingerprint density at radius 1 is 0.968 bits per heavy atom. The van der Waals surface area contributed by atoms with E-state index in [-0.39, 0.29) is 10.7 Å². The standard InChI is InChI=1S/C18H13ClF6N2O4/c1-31-14(28)16(30,18(23,24)25)9-2-5-11(6-3-9)26-15(29)27-13-7-4-10(19)8-12(13)17(20,21)22/h2-8,30H,1H3,(H2,26,27,29)/t16-/m0/s1. The summed E-state index contributed by atoms with van der Waals surface area (Å²) >= 11 is 5.54. The normalized spacial score (nSPS) is 13.8. The number of amides is 2. The smallest absolute Gasteiger partial charge is 0.432 e. The zero-order chi connectivity index (χ0) is 23.6. The van der Waals surface area contributed by atoms with E-state index in [9.17, 15) is 41.0 Å². The largest absolute Gasteiger partial charge is 0.466 e. The molecule has 31 heavy (non-hydrogen) atoms. The highest BCUT2D eigenvalue weighted by Gasteiger charge is 2.62. The maximum Gasteiger partial charge on any atom is 0.432 e. The van der Waals surface area contributed by atoms with Gasteiger partial charge in [-0.05, 0) is 30.3 Å². The van der Waals surface area contributed by atoms with Crippen molar-refractivity contribution in [2.75, 3.05) is 17.7 Å². The molecule has 1 atom stereocenters. The van der Waals surface area contributed by atoms with Crippen LogP contribution in [0.15, 0.2) is 42.5 Å². The summed E-state index contributed by atoms with van der Waals surface area (Å²) in [6, 6.07) is 4.71. The molecule has 0 aromatic heterocycles. The van der Waals surface area contributed by atoms with Crippen LogP contribution in [0.5, 0.6) is 0 Å². The molecule has 0 saturated heterocycles. The number of carbonyl (C=O) groups excluding carboxylic acids is 2. The summed E-state index contributed by atoms with van der Waals surface area (Å²) in [6.45, 7) is 0. The van der Waals surface area contributed by atoms with Gasteiger partial charge in [0.05, 0.1) is 18.4 Å². The van der Waals surface area contributed by atoms with Gasteiger partial charge < -0.3 is 20.5 Å². The first-order chi connectivity index (χ1) is 14.2. The third-order valence-corrected chi connectivity index (χ3v) is 4.22. The molecule has 0 heterocycles. The highest BCUT2D eigenvalue weighted by Crippen LogP contribution is 2.40. The molecule has 3 N–H and O–H groups in total. The van der Waals surface area contributed by atoms with Gasteiger partial charge in [0.2, 0.25) is 0 Å². The Morgan fingerprint density at radius 3 is 2.03 bits per heavy atom. The molecule has 6 nitrogen and oxygen atoms in total. The molecular formula is C18H13ClF6N2O4. The second-order valence-corrected chi connectivity index (χ2v) is 6.48. The number of alkyl halides is 6. The van der Waals surface area contributed by atoms with Gasteiger partial charge >= 0.3 is 24.4 Å². The van der Waals surface area contributed by atoms with Gasteiger partial charge in [0.15, 0.2) is 0 Å². The Hall–Kier alpha value is -2.99. The first-order valence-electron chi connectivity index (χ1n) is 8.13. The Bertz CT molecular complexity index is 978. The predicted octanol–water partition coefficient (Wildman–Crippen LogP) is 4.93. The van der Waals surface area contributed by atoms with Gasteiger partial charge in [0, 0.05) is 16.3 Å². The van der Waals surface area contributed by atoms with E-state index in [1.807, 2.05) is 5.32 Å². The minimum Gasteiger partial charge on any atom is -0.466 e. The Morgan fingerprint density at radius 2 is 1.55 bits per heavy atom. The van der Waals surface area contributed by atoms with Crippen LogP contribution < -0.4 is 10.6 Å². The lowest BCUT2D eigenvalue weighted by molar-refractivity contribution is -0.266. The van der Waals surface area contributed by atoms with Gasteiger partial charge in [0.1, 0.15) is 0 Å². The number of benzene rings is 2. The zero-order valence-electron chi connectivity index (χ0n) is 15.4. The molecule has 0 aliphatic heterocycles. The summed E-state index contributed by atoms with van der Waals surface area (Å²) < 4.78 is 82.9. The van der Waals surface area contributed by atoms with Crippen LogP contribution in [0.4, 0.5) is 42.5 Å². The molecule has 2 amide bonds. The predicted molar refractivity (Wildman–Crippen MR) is 97.5 cm³/mol. The first kappa shape index (κ1) is 24.3. The number of urea groups is 1. The van der Waals surface area contributed by atoms with Crippen molar-refractivity contribution < 1.29 is 45.8 Å². The van der Waals surface area contributed by atoms with E-state index in [4.69, 9.17) is 11.6 Å². The number of rotatable bonds is 4. The topological polar surface area (TPSA) is 87.7 Å². The fraction of sp³-hybridized carbons (Fsp3) is 0.222. The maximum atomic E-state index is 13.2. The third-order valence-electron chi connectivity index (χ3n) is 3.99. The number of hydrogen-bond acceptors (Lipinski definition) is 4. The second-order valence-electron chi connectivity index (χ2n) is 6.04. The van der Waals surface area contributed by atoms with Crippen molar-refractivity contribution in [3.05, 3.63) is 58.6 Å². The Kier molecular flexibility index (Phi) is 6.76. The average Bonchev–Trinajstić information content (AvgIpc) is 2.67. The number of ether oxygens (including phenoxy) is 1. The summed E-state index contributed by atoms with van der Waals surface area (Å²) in [5, 5.41) is 13.7. The quantitative estimate of drug-likeness (QED) is 0.437. The minimum absolute atomic E-state index is 0.141. The van der Waals surface area contributed by atoms with Gasteiger partial charge in [0.25, 0.3) is 5.60 Å². The molecule has 0 radical (unpaired) electrons. The lowest BCUT2D eigenvalue weighted by Crippen LogP contribution is -2.49. The van der Waals surface area contributed by atoms with Crippen molar-refractivity contribution in [2.24, 2.45) is 0 Å². The molecule has 2 aromatic carbocycles. The molecule has 168 valence electrons. The average molecular weight is 471 g/mol. The van der Waals surface area contributed by atoms with Gasteiger partial charge in [-0.3, -0.25) is 0 Å². The van der Waals surface area contributed by atoms with Crippen LogP contribution in [-0.2, 0) is 21.3 Å². The van der Waals surface area contributed by atoms with Crippen LogP contribution in [0, 0.1) is 0 Å². The maximum absolute atomic E-state index is 13.2. The van der Waals surface area contributed by atoms with Crippen LogP contribution in [0.1, 0.15) is 11.1 Å². The molecule has 0 bridgehead atoms. The lowest BCUT2D eigenvalue weighted by atomic mass is 9.93. The van der Waals surface area contributed by atoms with E-state index in [0.717, 1.165) is 24.3 Å². The van der Waals surface area contributed by atoms with E-state index in [2.05, 4.69) is 10.1 Å². The monoisotopic (exact) mass is 470 g/mol. The molecule has 0 saturated carbocycles. The van der Waals surface area contributed by atoms with Crippen molar-refractivity contribution in [1.82, 2.24) is 0 Å². The highest BCUT2D eigenvalue weighted by molar-refractivity contribution is 6.30. The van der Waals surface area contributed by atoms with Crippen molar-refractivity contribution in [3.63, 3.8) is 0 Å². The highest BCUT2D eigenvalue weighted by atomic mass is 35.5. The van der Waals surface area contributed by atoms with Crippen molar-refractivity contribution >= 4 is 35.0 Å². The summed E-state index contributed by atoms with van der Waals surface area (Å²) in [4.78, 5) is 23.5. The zero-order valence-corrected chi connectivity index (χ0v) is 16.1. The number of methoxy groups -OCH3 is 1. The number of carbonyl (C=O) groups is 2. The van der Waals surface area contributed by atoms with E-state index >= 15 is 0 Å². The van der Waals surface area contributed by atoms with Crippen molar-refractivity contribution in [1.29, 1.82) is 0 Å². The number of anilines is 2. The number of nitrogens with one attached hydrogen (secondary N) is 2. The van der Waals surface area contributed by atoms with Crippen LogP contribution >= 0.6 is 11.6 Å². The third kappa shape index (κ3) is 5.20. The minimum atomic E-state index is -5.41. The first-order valence-corrected chi connectivity index (χ1v) is 8.50. The van der Waals surface area contributed by atoms with Crippen LogP contribution in [0.2, 0.25) is 5.02 Å². The Balaban J connectivity index is 2.23. The number of aliphatic hydroxyl groups is 1. The Labute approximate surface area is 175 Å². The van der Waals surface area contributed by atoms with E-state index in [0.29, 0.717) is 25.3 Å². The van der Waals surface area contributed by atoms with E-state index in [1.54, 1.807) is 0 Å². The molecule has 0 unspecified atom stereocenters. The fourth-order valence-corrected chi connectivity index (χ4v) is 2.66. The summed E-state index contributed by atoms with van der Waals surface area (Å²) in [7, 11) is 0.658. The molecule has 13 heteroatoms. The van der Waals surface area contributed by atoms with Gasteiger partial charge in [-0.1, -0.05) is 23.7 Å². The molecule has 2 rings (SSSR count). The SMILES string of the molecule is COC(=O)[C@@](O)(c1ccc(NC(=O)Nc2ccc(Cl)cc2C(F)(F)F)cc1)C(F)(F)F. The second kappa shape index (κ2) is 8.63. The molecule has 0 spiro atoms. The van der Waals surface area contributed by atoms with Crippen LogP contribution in [0.3, 0.4) is 0 Å². The van der Waals surface area contributed by atoms with Crippen molar-refractivity contribution in [3.8, 4) is 0 Å². The number of halogens is 7. The number of hydrogen-bond donors (Lipinski definition) is 3.